The number of nitrogens with two attached hydrogens (primary N) is 1. The van der Waals surface area contributed by atoms with Crippen molar-refractivity contribution in [2.75, 3.05) is 31.2 Å². The van der Waals surface area contributed by atoms with Crippen molar-refractivity contribution in [1.29, 1.82) is 0 Å². The molecule has 2 aromatic rings. The van der Waals surface area contributed by atoms with Gasteiger partial charge in [-0.1, -0.05) is 6.07 Å². The van der Waals surface area contributed by atoms with Gasteiger partial charge >= 0.3 is 0 Å². The number of hydrogen-bond acceptors (Lipinski definition) is 6. The number of ether oxygens (including phenoxy) is 1. The summed E-state index contributed by atoms with van der Waals surface area (Å²) >= 11 is 0. The lowest BCUT2D eigenvalue weighted by Gasteiger charge is -2.38. The molecule has 1 aromatic carbocycles. The van der Waals surface area contributed by atoms with Crippen molar-refractivity contribution in [2.45, 2.75) is 19.4 Å². The Bertz CT molecular complexity index is 856. The third kappa shape index (κ3) is 4.33. The molecule has 1 saturated heterocycles. The Labute approximate surface area is 169 Å². The predicted octanol–water partition coefficient (Wildman–Crippen LogP) is 3.08. The lowest BCUT2D eigenvalue weighted by atomic mass is 9.98. The van der Waals surface area contributed by atoms with Gasteiger partial charge in [-0.2, -0.15) is 4.39 Å². The summed E-state index contributed by atoms with van der Waals surface area (Å²) in [5.74, 6) is -1.44. The van der Waals surface area contributed by atoms with Crippen LogP contribution < -0.4 is 15.4 Å². The maximum Gasteiger partial charge on any atom is 0.202 e. The number of pyridine rings is 1. The third-order valence-corrected chi connectivity index (χ3v) is 5.46. The highest BCUT2D eigenvalue weighted by atomic mass is 19.2. The summed E-state index contributed by atoms with van der Waals surface area (Å²) in [4.78, 5) is 5.67. The topological polar surface area (TPSA) is 57.9 Å². The molecule has 0 amide bonds. The average molecular weight is 401 g/mol. The molecule has 3 heterocycles. The lowest BCUT2D eigenvalue weighted by molar-refractivity contribution is -0.000263. The fourth-order valence-electron chi connectivity index (χ4n) is 3.66. The molecular formula is C21H25F2N5O. The summed E-state index contributed by atoms with van der Waals surface area (Å²) in [5, 5.41) is 4.26. The molecule has 1 fully saturated rings. The molecule has 0 unspecified atom stereocenters. The number of hydrazine groups is 1. The van der Waals surface area contributed by atoms with Crippen molar-refractivity contribution in [2.24, 2.45) is 11.7 Å². The van der Waals surface area contributed by atoms with Crippen LogP contribution in [0.2, 0.25) is 0 Å². The van der Waals surface area contributed by atoms with Gasteiger partial charge in [-0.25, -0.2) is 9.40 Å². The van der Waals surface area contributed by atoms with E-state index >= 15 is 0 Å². The second-order valence-corrected chi connectivity index (χ2v) is 7.34. The molecule has 4 rings (SSSR count). The molecular weight excluding hydrogens is 376 g/mol. The van der Waals surface area contributed by atoms with Crippen molar-refractivity contribution < 1.29 is 13.5 Å². The predicted molar refractivity (Wildman–Crippen MR) is 107 cm³/mol. The highest BCUT2D eigenvalue weighted by Gasteiger charge is 2.27. The van der Waals surface area contributed by atoms with Gasteiger partial charge in [0.15, 0.2) is 11.6 Å². The highest BCUT2D eigenvalue weighted by Crippen LogP contribution is 2.31. The van der Waals surface area contributed by atoms with Crippen LogP contribution >= 0.6 is 0 Å². The van der Waals surface area contributed by atoms with Gasteiger partial charge in [0.2, 0.25) is 5.82 Å². The first-order chi connectivity index (χ1) is 14.2. The van der Waals surface area contributed by atoms with Crippen molar-refractivity contribution in [3.8, 4) is 5.75 Å². The van der Waals surface area contributed by atoms with Gasteiger partial charge in [-0.15, -0.1) is 0 Å². The number of benzene rings is 1. The zero-order valence-corrected chi connectivity index (χ0v) is 16.2. The van der Waals surface area contributed by atoms with Crippen LogP contribution in [0.5, 0.6) is 5.75 Å². The van der Waals surface area contributed by atoms with E-state index in [1.54, 1.807) is 35.6 Å². The number of aromatic nitrogens is 1. The van der Waals surface area contributed by atoms with Crippen molar-refractivity contribution in [1.82, 2.24) is 15.0 Å². The molecule has 0 aliphatic carbocycles. The van der Waals surface area contributed by atoms with E-state index in [-0.39, 0.29) is 18.0 Å². The van der Waals surface area contributed by atoms with Crippen LogP contribution in [0.15, 0.2) is 49.1 Å². The largest absolute Gasteiger partial charge is 0.486 e. The molecule has 8 heteroatoms. The second kappa shape index (κ2) is 8.75. The molecule has 0 atom stereocenters. The summed E-state index contributed by atoms with van der Waals surface area (Å²) in [6.07, 6.45) is 9.03. The quantitative estimate of drug-likeness (QED) is 0.803. The number of halogens is 2. The monoisotopic (exact) mass is 401 g/mol. The Hall–Kier alpha value is -2.71. The minimum atomic E-state index is -0.984. The van der Waals surface area contributed by atoms with Gasteiger partial charge in [0.25, 0.3) is 0 Å². The summed E-state index contributed by atoms with van der Waals surface area (Å²) in [7, 11) is 0. The number of hydrogen-bond donors (Lipinski definition) is 1. The Morgan fingerprint density at radius 2 is 1.93 bits per heavy atom. The molecule has 0 spiro atoms. The van der Waals surface area contributed by atoms with E-state index in [1.807, 2.05) is 17.3 Å². The smallest absolute Gasteiger partial charge is 0.202 e. The minimum absolute atomic E-state index is 0.112. The average Bonchev–Trinajstić information content (AvgIpc) is 3.25. The van der Waals surface area contributed by atoms with E-state index in [0.717, 1.165) is 38.0 Å². The number of anilines is 1. The Morgan fingerprint density at radius 3 is 2.66 bits per heavy atom. The lowest BCUT2D eigenvalue weighted by Crippen LogP contribution is -2.46. The first-order valence-electron chi connectivity index (χ1n) is 9.82. The Balaban J connectivity index is 1.39. The maximum atomic E-state index is 14.7. The standard InChI is InChI=1S/C21H25F2N5O/c22-20-18(3-4-19(21(20)23)29-14-17-2-1-7-25-13-17)26-10-11-28(15-26)27-8-5-16(12-24)6-9-27/h1-4,7,10-11,13,16H,5-6,8-9,12,14-15,24H2. The van der Waals surface area contributed by atoms with E-state index in [2.05, 4.69) is 9.99 Å². The minimum Gasteiger partial charge on any atom is -0.486 e. The molecule has 2 aliphatic heterocycles. The van der Waals surface area contributed by atoms with Crippen LogP contribution in [-0.2, 0) is 6.61 Å². The molecule has 6 nitrogen and oxygen atoms in total. The first kappa shape index (κ1) is 19.6. The Kier molecular flexibility index (Phi) is 5.92. The normalized spacial score (nSPS) is 17.9. The molecule has 2 aliphatic rings. The molecule has 0 bridgehead atoms. The third-order valence-electron chi connectivity index (χ3n) is 5.46. The van der Waals surface area contributed by atoms with Gasteiger partial charge in [-0.05, 0) is 43.5 Å². The van der Waals surface area contributed by atoms with Crippen LogP contribution in [0.3, 0.4) is 0 Å². The van der Waals surface area contributed by atoms with Gasteiger partial charge < -0.3 is 15.4 Å². The van der Waals surface area contributed by atoms with Crippen LogP contribution in [-0.4, -0.2) is 41.3 Å². The fourth-order valence-corrected chi connectivity index (χ4v) is 3.66. The van der Waals surface area contributed by atoms with E-state index in [1.165, 1.54) is 6.07 Å². The summed E-state index contributed by atoms with van der Waals surface area (Å²) in [6, 6.07) is 6.59. The summed E-state index contributed by atoms with van der Waals surface area (Å²) in [6.45, 7) is 3.12. The highest BCUT2D eigenvalue weighted by molar-refractivity contribution is 5.54. The molecule has 0 radical (unpaired) electrons. The zero-order chi connectivity index (χ0) is 20.2. The van der Waals surface area contributed by atoms with E-state index in [0.29, 0.717) is 12.6 Å². The SMILES string of the molecule is NCC1CCN(N2C=CN(c3ccc(OCc4cccnc4)c(F)c3F)C2)CC1. The van der Waals surface area contributed by atoms with Crippen molar-refractivity contribution >= 4 is 5.69 Å². The second-order valence-electron chi connectivity index (χ2n) is 7.34. The number of nitrogens with zero attached hydrogens (tertiary/aromatic N) is 4. The van der Waals surface area contributed by atoms with Gasteiger partial charge in [0, 0.05) is 43.4 Å². The molecule has 2 N–H and O–H groups in total. The van der Waals surface area contributed by atoms with Gasteiger partial charge in [-0.3, -0.25) is 9.99 Å². The van der Waals surface area contributed by atoms with Crippen molar-refractivity contribution in [3.05, 3.63) is 66.3 Å². The van der Waals surface area contributed by atoms with E-state index in [4.69, 9.17) is 10.5 Å². The van der Waals surface area contributed by atoms with E-state index < -0.39 is 11.6 Å². The van der Waals surface area contributed by atoms with Gasteiger partial charge in [0.1, 0.15) is 13.3 Å². The maximum absolute atomic E-state index is 14.7. The molecule has 29 heavy (non-hydrogen) atoms. The van der Waals surface area contributed by atoms with Crippen LogP contribution in [0, 0.1) is 17.6 Å². The van der Waals surface area contributed by atoms with Crippen LogP contribution in [0.25, 0.3) is 0 Å². The summed E-state index contributed by atoms with van der Waals surface area (Å²) < 4.78 is 34.7. The number of piperidine rings is 1. The first-order valence-corrected chi connectivity index (χ1v) is 9.82. The fraction of sp³-hybridized carbons (Fsp3) is 0.381. The molecule has 0 saturated carbocycles. The molecule has 154 valence electrons. The number of rotatable bonds is 6. The van der Waals surface area contributed by atoms with Crippen LogP contribution in [0.1, 0.15) is 18.4 Å². The molecule has 1 aromatic heterocycles. The van der Waals surface area contributed by atoms with Gasteiger partial charge in [0.05, 0.1) is 5.69 Å². The van der Waals surface area contributed by atoms with Crippen LogP contribution in [0.4, 0.5) is 14.5 Å². The zero-order valence-electron chi connectivity index (χ0n) is 16.2. The summed E-state index contributed by atoms with van der Waals surface area (Å²) in [5.41, 5.74) is 6.72. The van der Waals surface area contributed by atoms with E-state index in [9.17, 15) is 8.78 Å². The Morgan fingerprint density at radius 1 is 1.10 bits per heavy atom. The van der Waals surface area contributed by atoms with Crippen molar-refractivity contribution in [3.63, 3.8) is 0 Å².